The van der Waals surface area contributed by atoms with Gasteiger partial charge in [-0.2, -0.15) is 0 Å². The van der Waals surface area contributed by atoms with E-state index in [-0.39, 0.29) is 12.5 Å². The Bertz CT molecular complexity index is 431. The van der Waals surface area contributed by atoms with Crippen molar-refractivity contribution in [1.82, 2.24) is 4.90 Å². The van der Waals surface area contributed by atoms with Crippen LogP contribution in [0.4, 0.5) is 0 Å². The fraction of sp³-hybridized carbons (Fsp3) is 0.417. The average molecular weight is 252 g/mol. The van der Waals surface area contributed by atoms with Crippen LogP contribution < -0.4 is 5.73 Å². The highest BCUT2D eigenvalue weighted by Gasteiger charge is 2.15. The maximum Gasteiger partial charge on any atom is 0.264 e. The lowest BCUT2D eigenvalue weighted by molar-refractivity contribution is 0.0737. The van der Waals surface area contributed by atoms with Gasteiger partial charge < -0.3 is 15.7 Å². The van der Waals surface area contributed by atoms with Crippen LogP contribution >= 0.6 is 11.3 Å². The molecule has 0 fully saturated rings. The first-order valence-corrected chi connectivity index (χ1v) is 6.23. The van der Waals surface area contributed by atoms with Gasteiger partial charge in [0.05, 0.1) is 22.9 Å². The van der Waals surface area contributed by atoms with Crippen LogP contribution in [0.25, 0.3) is 0 Å². The van der Waals surface area contributed by atoms with E-state index in [0.717, 1.165) is 4.88 Å². The lowest BCUT2D eigenvalue weighted by Crippen LogP contribution is -2.32. The van der Waals surface area contributed by atoms with E-state index in [1.807, 2.05) is 13.0 Å². The molecule has 17 heavy (non-hydrogen) atoms. The molecule has 3 N–H and O–H groups in total. The number of thiophene rings is 1. The van der Waals surface area contributed by atoms with Gasteiger partial charge in [-0.3, -0.25) is 4.79 Å². The molecule has 0 bridgehead atoms. The summed E-state index contributed by atoms with van der Waals surface area (Å²) in [5, 5.41) is 8.86. The zero-order valence-electron chi connectivity index (χ0n) is 9.77. The minimum Gasteiger partial charge on any atom is -0.395 e. The van der Waals surface area contributed by atoms with Crippen molar-refractivity contribution in [2.75, 3.05) is 26.2 Å². The van der Waals surface area contributed by atoms with Crippen LogP contribution in [0.1, 0.15) is 21.5 Å². The average Bonchev–Trinajstić information content (AvgIpc) is 2.81. The molecule has 0 atom stereocenters. The molecule has 0 aliphatic heterocycles. The number of hydrogen-bond acceptors (Lipinski definition) is 4. The van der Waals surface area contributed by atoms with Crippen molar-refractivity contribution in [3.8, 4) is 11.8 Å². The number of nitrogens with zero attached hydrogens (tertiary/aromatic N) is 1. The molecule has 92 valence electrons. The highest BCUT2D eigenvalue weighted by molar-refractivity contribution is 7.14. The Morgan fingerprint density at radius 3 is 2.94 bits per heavy atom. The largest absolute Gasteiger partial charge is 0.395 e. The number of carbonyl (C=O) groups excluding carboxylic acids is 1. The van der Waals surface area contributed by atoms with Gasteiger partial charge in [0.25, 0.3) is 5.91 Å². The van der Waals surface area contributed by atoms with Crippen LogP contribution in [0.2, 0.25) is 0 Å². The molecule has 5 heteroatoms. The number of likely N-dealkylation sites (N-methyl/N-ethyl adjacent to an activating group) is 1. The van der Waals surface area contributed by atoms with Gasteiger partial charge in [-0.15, -0.1) is 11.3 Å². The van der Waals surface area contributed by atoms with Crippen LogP contribution in [0.15, 0.2) is 12.1 Å². The summed E-state index contributed by atoms with van der Waals surface area (Å²) >= 11 is 1.35. The predicted octanol–water partition coefficient (Wildman–Crippen LogP) is 0.513. The lowest BCUT2D eigenvalue weighted by atomic mass is 10.3. The first kappa shape index (κ1) is 13.7. The van der Waals surface area contributed by atoms with Crippen molar-refractivity contribution >= 4 is 17.2 Å². The molecule has 1 rings (SSSR count). The number of rotatable bonds is 4. The van der Waals surface area contributed by atoms with Gasteiger partial charge in [-0.1, -0.05) is 11.8 Å². The van der Waals surface area contributed by atoms with Gasteiger partial charge in [0.1, 0.15) is 0 Å². The van der Waals surface area contributed by atoms with Crippen molar-refractivity contribution in [3.05, 3.63) is 21.9 Å². The van der Waals surface area contributed by atoms with Crippen molar-refractivity contribution in [2.45, 2.75) is 6.92 Å². The standard InChI is InChI=1S/C12H16N2O2S/c1-2-14(8-9-15)12(16)11-6-5-10(17-11)4-3-7-13/h5-6,15H,2,7-9,13H2,1H3. The third kappa shape index (κ3) is 3.86. The van der Waals surface area contributed by atoms with Crippen molar-refractivity contribution in [3.63, 3.8) is 0 Å². The van der Waals surface area contributed by atoms with E-state index in [0.29, 0.717) is 24.5 Å². The SMILES string of the molecule is CCN(CCO)C(=O)c1ccc(C#CCN)s1. The second-order valence-corrected chi connectivity index (χ2v) is 4.36. The van der Waals surface area contributed by atoms with Crippen molar-refractivity contribution in [2.24, 2.45) is 5.73 Å². The fourth-order valence-electron chi connectivity index (χ4n) is 1.34. The van der Waals surface area contributed by atoms with Gasteiger partial charge in [-0.05, 0) is 19.1 Å². The highest BCUT2D eigenvalue weighted by Crippen LogP contribution is 2.17. The van der Waals surface area contributed by atoms with E-state index >= 15 is 0 Å². The topological polar surface area (TPSA) is 66.6 Å². The lowest BCUT2D eigenvalue weighted by Gasteiger charge is -2.18. The Hall–Kier alpha value is -1.35. The number of amides is 1. The van der Waals surface area contributed by atoms with E-state index in [2.05, 4.69) is 11.8 Å². The highest BCUT2D eigenvalue weighted by atomic mass is 32.1. The van der Waals surface area contributed by atoms with Crippen LogP contribution in [0.3, 0.4) is 0 Å². The molecule has 1 amide bonds. The smallest absolute Gasteiger partial charge is 0.264 e. The fourth-order valence-corrected chi connectivity index (χ4v) is 2.19. The molecular formula is C12H16N2O2S. The van der Waals surface area contributed by atoms with E-state index < -0.39 is 0 Å². The summed E-state index contributed by atoms with van der Waals surface area (Å²) < 4.78 is 0. The van der Waals surface area contributed by atoms with Crippen LogP contribution in [-0.4, -0.2) is 42.2 Å². The van der Waals surface area contributed by atoms with Gasteiger partial charge in [0.15, 0.2) is 0 Å². The van der Waals surface area contributed by atoms with Gasteiger partial charge >= 0.3 is 0 Å². The summed E-state index contributed by atoms with van der Waals surface area (Å²) in [6.07, 6.45) is 0. The van der Waals surface area contributed by atoms with E-state index in [1.54, 1.807) is 11.0 Å². The number of aliphatic hydroxyl groups is 1. The Morgan fingerprint density at radius 2 is 2.35 bits per heavy atom. The van der Waals surface area contributed by atoms with Gasteiger partial charge in [0.2, 0.25) is 0 Å². The first-order chi connectivity index (χ1) is 8.22. The molecule has 0 saturated heterocycles. The molecule has 1 aromatic heterocycles. The Morgan fingerprint density at radius 1 is 1.59 bits per heavy atom. The molecule has 4 nitrogen and oxygen atoms in total. The summed E-state index contributed by atoms with van der Waals surface area (Å²) in [4.78, 5) is 15.1. The van der Waals surface area contributed by atoms with Crippen LogP contribution in [0, 0.1) is 11.8 Å². The summed E-state index contributed by atoms with van der Waals surface area (Å²) in [7, 11) is 0. The number of nitrogens with two attached hydrogens (primary N) is 1. The molecule has 0 aliphatic rings. The van der Waals surface area contributed by atoms with E-state index in [9.17, 15) is 4.79 Å². The molecule has 1 heterocycles. The van der Waals surface area contributed by atoms with Gasteiger partial charge in [-0.25, -0.2) is 0 Å². The first-order valence-electron chi connectivity index (χ1n) is 5.41. The maximum absolute atomic E-state index is 12.0. The quantitative estimate of drug-likeness (QED) is 0.767. The Kier molecular flexibility index (Phi) is 5.70. The minimum atomic E-state index is -0.0626. The second kappa shape index (κ2) is 7.07. The van der Waals surface area contributed by atoms with Gasteiger partial charge in [0, 0.05) is 13.1 Å². The summed E-state index contributed by atoms with van der Waals surface area (Å²) in [5.41, 5.74) is 5.28. The maximum atomic E-state index is 12.0. The third-order valence-electron chi connectivity index (χ3n) is 2.17. The zero-order valence-corrected chi connectivity index (χ0v) is 10.6. The normalized spacial score (nSPS) is 9.59. The monoisotopic (exact) mass is 252 g/mol. The van der Waals surface area contributed by atoms with Crippen LogP contribution in [-0.2, 0) is 0 Å². The number of carbonyl (C=O) groups is 1. The summed E-state index contributed by atoms with van der Waals surface area (Å²) in [5.74, 6) is 5.58. The van der Waals surface area contributed by atoms with Crippen molar-refractivity contribution in [1.29, 1.82) is 0 Å². The minimum absolute atomic E-state index is 0.0230. The molecular weight excluding hydrogens is 236 g/mol. The number of hydrogen-bond donors (Lipinski definition) is 2. The summed E-state index contributed by atoms with van der Waals surface area (Å²) in [6, 6.07) is 3.57. The summed E-state index contributed by atoms with van der Waals surface area (Å²) in [6.45, 7) is 3.12. The third-order valence-corrected chi connectivity index (χ3v) is 3.16. The van der Waals surface area contributed by atoms with Crippen LogP contribution in [0.5, 0.6) is 0 Å². The van der Waals surface area contributed by atoms with E-state index in [1.165, 1.54) is 11.3 Å². The second-order valence-electron chi connectivity index (χ2n) is 3.28. The Balaban J connectivity index is 2.78. The molecule has 0 aliphatic carbocycles. The molecule has 1 aromatic rings. The van der Waals surface area contributed by atoms with E-state index in [4.69, 9.17) is 10.8 Å². The molecule has 0 unspecified atom stereocenters. The molecule has 0 radical (unpaired) electrons. The predicted molar refractivity (Wildman–Crippen MR) is 68.9 cm³/mol. The molecule has 0 aromatic carbocycles. The molecule has 0 spiro atoms. The zero-order chi connectivity index (χ0) is 12.7. The van der Waals surface area contributed by atoms with Crippen molar-refractivity contribution < 1.29 is 9.90 Å². The molecule has 0 saturated carbocycles. The number of aliphatic hydroxyl groups excluding tert-OH is 1. The Labute approximate surface area is 105 Å².